The number of hydrogen-bond acceptors (Lipinski definition) is 3. The number of nitrogens with zero attached hydrogens (tertiary/aromatic N) is 1. The van der Waals surface area contributed by atoms with Gasteiger partial charge in [-0.2, -0.15) is 0 Å². The van der Waals surface area contributed by atoms with Crippen molar-refractivity contribution in [2.45, 2.75) is 32.8 Å². The van der Waals surface area contributed by atoms with Crippen LogP contribution in [-0.4, -0.2) is 37.4 Å². The quantitative estimate of drug-likeness (QED) is 0.611. The molecule has 0 fully saturated rings. The second-order valence-electron chi connectivity index (χ2n) is 3.74. The van der Waals surface area contributed by atoms with Crippen molar-refractivity contribution in [3.8, 4) is 0 Å². The van der Waals surface area contributed by atoms with Crippen molar-refractivity contribution in [3.63, 3.8) is 0 Å². The summed E-state index contributed by atoms with van der Waals surface area (Å²) < 4.78 is 5.67. The summed E-state index contributed by atoms with van der Waals surface area (Å²) in [5.74, 6) is 0. The molecule has 0 aromatic heterocycles. The third-order valence-corrected chi connectivity index (χ3v) is 1.96. The Morgan fingerprint density at radius 3 is 2.42 bits per heavy atom. The molecule has 0 atom stereocenters. The summed E-state index contributed by atoms with van der Waals surface area (Å²) in [6, 6.07) is 0. The fourth-order valence-corrected chi connectivity index (χ4v) is 0.796. The van der Waals surface area contributed by atoms with Gasteiger partial charge in [0.25, 0.3) is 0 Å². The Morgan fingerprint density at radius 2 is 2.00 bits per heavy atom. The number of ether oxygens (including phenoxy) is 1. The highest BCUT2D eigenvalue weighted by Crippen LogP contribution is 2.12. The zero-order valence-electron chi connectivity index (χ0n) is 8.76. The maximum Gasteiger partial charge on any atom is 0.0994 e. The van der Waals surface area contributed by atoms with Crippen LogP contribution < -0.4 is 5.73 Å². The van der Waals surface area contributed by atoms with Crippen LogP contribution in [0.25, 0.3) is 0 Å². The van der Waals surface area contributed by atoms with Gasteiger partial charge in [0, 0.05) is 0 Å². The molecule has 2 N–H and O–H groups in total. The van der Waals surface area contributed by atoms with Gasteiger partial charge in [-0.3, -0.25) is 4.90 Å². The van der Waals surface area contributed by atoms with E-state index < -0.39 is 0 Å². The predicted molar refractivity (Wildman–Crippen MR) is 52.0 cm³/mol. The molecule has 0 saturated carbocycles. The molecule has 0 unspecified atom stereocenters. The summed E-state index contributed by atoms with van der Waals surface area (Å²) in [6.45, 7) is 8.64. The van der Waals surface area contributed by atoms with E-state index in [0.29, 0.717) is 13.3 Å². The maximum atomic E-state index is 5.67. The third kappa shape index (κ3) is 5.52. The lowest BCUT2D eigenvalue weighted by atomic mass is 10.1. The van der Waals surface area contributed by atoms with E-state index in [9.17, 15) is 0 Å². The van der Waals surface area contributed by atoms with Crippen LogP contribution in [-0.2, 0) is 4.74 Å². The van der Waals surface area contributed by atoms with Gasteiger partial charge in [-0.05, 0) is 40.4 Å². The topological polar surface area (TPSA) is 38.5 Å². The van der Waals surface area contributed by atoms with E-state index >= 15 is 0 Å². The van der Waals surface area contributed by atoms with E-state index in [1.807, 2.05) is 7.05 Å². The molecule has 0 heterocycles. The van der Waals surface area contributed by atoms with E-state index in [1.54, 1.807) is 0 Å². The Morgan fingerprint density at radius 1 is 1.42 bits per heavy atom. The first kappa shape index (κ1) is 11.9. The first-order chi connectivity index (χ1) is 5.52. The molecule has 0 aliphatic heterocycles. The molecule has 3 nitrogen and oxygen atoms in total. The van der Waals surface area contributed by atoms with Gasteiger partial charge in [-0.15, -0.1) is 0 Å². The standard InChI is InChI=1S/C9H22N2O/c1-5-11(4)8-12-9(2,3)6-7-10/h5-8,10H2,1-4H3. The highest BCUT2D eigenvalue weighted by molar-refractivity contribution is 4.68. The summed E-state index contributed by atoms with van der Waals surface area (Å²) in [7, 11) is 2.04. The lowest BCUT2D eigenvalue weighted by Crippen LogP contribution is -2.33. The van der Waals surface area contributed by atoms with Crippen molar-refractivity contribution >= 4 is 0 Å². The van der Waals surface area contributed by atoms with Crippen LogP contribution in [0, 0.1) is 0 Å². The molecule has 0 rings (SSSR count). The van der Waals surface area contributed by atoms with Crippen molar-refractivity contribution < 1.29 is 4.74 Å². The van der Waals surface area contributed by atoms with E-state index in [1.165, 1.54) is 0 Å². The Bertz CT molecular complexity index is 115. The molecule has 0 aromatic rings. The van der Waals surface area contributed by atoms with E-state index in [2.05, 4.69) is 25.7 Å². The first-order valence-electron chi connectivity index (χ1n) is 4.54. The lowest BCUT2D eigenvalue weighted by molar-refractivity contribution is -0.0685. The molecule has 0 saturated heterocycles. The third-order valence-electron chi connectivity index (χ3n) is 1.96. The number of nitrogens with two attached hydrogens (primary N) is 1. The zero-order chi connectivity index (χ0) is 9.61. The van der Waals surface area contributed by atoms with Crippen molar-refractivity contribution in [1.29, 1.82) is 0 Å². The number of rotatable bonds is 6. The molecular weight excluding hydrogens is 152 g/mol. The summed E-state index contributed by atoms with van der Waals surface area (Å²) >= 11 is 0. The Kier molecular flexibility index (Phi) is 5.46. The lowest BCUT2D eigenvalue weighted by Gasteiger charge is -2.27. The largest absolute Gasteiger partial charge is 0.360 e. The van der Waals surface area contributed by atoms with Crippen LogP contribution in [0.5, 0.6) is 0 Å². The Balaban J connectivity index is 3.59. The second kappa shape index (κ2) is 5.51. The SMILES string of the molecule is CCN(C)COC(C)(C)CCN. The molecule has 0 aliphatic carbocycles. The van der Waals surface area contributed by atoms with Crippen LogP contribution in [0.3, 0.4) is 0 Å². The monoisotopic (exact) mass is 174 g/mol. The van der Waals surface area contributed by atoms with Gasteiger partial charge >= 0.3 is 0 Å². The Labute approximate surface area is 75.9 Å². The second-order valence-corrected chi connectivity index (χ2v) is 3.74. The highest BCUT2D eigenvalue weighted by atomic mass is 16.5. The van der Waals surface area contributed by atoms with E-state index in [4.69, 9.17) is 10.5 Å². The molecule has 3 heteroatoms. The molecule has 12 heavy (non-hydrogen) atoms. The molecule has 0 amide bonds. The molecule has 74 valence electrons. The molecule has 0 spiro atoms. The van der Waals surface area contributed by atoms with Gasteiger partial charge in [-0.25, -0.2) is 0 Å². The van der Waals surface area contributed by atoms with Gasteiger partial charge in [0.15, 0.2) is 0 Å². The summed E-state index contributed by atoms with van der Waals surface area (Å²) in [5, 5.41) is 0. The molecule has 0 bridgehead atoms. The van der Waals surface area contributed by atoms with Crippen LogP contribution in [0.2, 0.25) is 0 Å². The van der Waals surface area contributed by atoms with Crippen molar-refractivity contribution in [2.75, 3.05) is 26.9 Å². The highest BCUT2D eigenvalue weighted by Gasteiger charge is 2.17. The van der Waals surface area contributed by atoms with Gasteiger partial charge in [0.05, 0.1) is 12.3 Å². The maximum absolute atomic E-state index is 5.67. The van der Waals surface area contributed by atoms with Crippen LogP contribution in [0.1, 0.15) is 27.2 Å². The zero-order valence-corrected chi connectivity index (χ0v) is 8.76. The van der Waals surface area contributed by atoms with Crippen LogP contribution >= 0.6 is 0 Å². The van der Waals surface area contributed by atoms with Crippen molar-refractivity contribution in [2.24, 2.45) is 5.73 Å². The minimum absolute atomic E-state index is 0.0851. The normalized spacial score (nSPS) is 12.5. The van der Waals surface area contributed by atoms with Gasteiger partial charge in [-0.1, -0.05) is 6.92 Å². The molecule has 0 radical (unpaired) electrons. The van der Waals surface area contributed by atoms with E-state index in [-0.39, 0.29) is 5.60 Å². The summed E-state index contributed by atoms with van der Waals surface area (Å²) in [4.78, 5) is 2.12. The Hall–Kier alpha value is -0.120. The van der Waals surface area contributed by atoms with Gasteiger partial charge < -0.3 is 10.5 Å². The minimum Gasteiger partial charge on any atom is -0.360 e. The fraction of sp³-hybridized carbons (Fsp3) is 1.00. The molecular formula is C9H22N2O. The fourth-order valence-electron chi connectivity index (χ4n) is 0.796. The average molecular weight is 174 g/mol. The molecule has 0 aromatic carbocycles. The average Bonchev–Trinajstić information content (AvgIpc) is 2.00. The van der Waals surface area contributed by atoms with E-state index in [0.717, 1.165) is 13.0 Å². The smallest absolute Gasteiger partial charge is 0.0994 e. The predicted octanol–water partition coefficient (Wildman–Crippen LogP) is 1.04. The van der Waals surface area contributed by atoms with Gasteiger partial charge in [0.2, 0.25) is 0 Å². The van der Waals surface area contributed by atoms with Crippen LogP contribution in [0.15, 0.2) is 0 Å². The number of hydrogen-bond donors (Lipinski definition) is 1. The minimum atomic E-state index is -0.0851. The summed E-state index contributed by atoms with van der Waals surface area (Å²) in [5.41, 5.74) is 5.37. The van der Waals surface area contributed by atoms with Crippen molar-refractivity contribution in [1.82, 2.24) is 4.90 Å². The first-order valence-corrected chi connectivity index (χ1v) is 4.54. The van der Waals surface area contributed by atoms with Gasteiger partial charge in [0.1, 0.15) is 0 Å². The van der Waals surface area contributed by atoms with Crippen molar-refractivity contribution in [3.05, 3.63) is 0 Å². The van der Waals surface area contributed by atoms with Crippen LogP contribution in [0.4, 0.5) is 0 Å². The molecule has 0 aliphatic rings. The summed E-state index contributed by atoms with van der Waals surface area (Å²) in [6.07, 6.45) is 0.907.